The molecule has 1 heterocycles. The summed E-state index contributed by atoms with van der Waals surface area (Å²) in [5.41, 5.74) is 3.15. The van der Waals surface area contributed by atoms with Crippen molar-refractivity contribution in [1.29, 1.82) is 0 Å². The molecule has 0 fully saturated rings. The summed E-state index contributed by atoms with van der Waals surface area (Å²) in [6.45, 7) is 3.07. The average molecular weight is 417 g/mol. The molecule has 3 aromatic rings. The fraction of sp³-hybridized carbons (Fsp3) is 0.429. The molecule has 0 unspecified atom stereocenters. The Hall–Kier alpha value is -2.68. The van der Waals surface area contributed by atoms with Gasteiger partial charge in [-0.2, -0.15) is 0 Å². The highest BCUT2D eigenvalue weighted by Crippen LogP contribution is 2.23. The van der Waals surface area contributed by atoms with Crippen LogP contribution in [0.1, 0.15) is 71.1 Å². The predicted octanol–water partition coefficient (Wildman–Crippen LogP) is 8.11. The van der Waals surface area contributed by atoms with Crippen molar-refractivity contribution in [3.8, 4) is 28.3 Å². The third kappa shape index (κ3) is 8.16. The van der Waals surface area contributed by atoms with E-state index in [2.05, 4.69) is 29.0 Å². The van der Waals surface area contributed by atoms with Crippen molar-refractivity contribution in [3.05, 3.63) is 67.0 Å². The number of hydrogen-bond acceptors (Lipinski definition) is 3. The minimum Gasteiger partial charge on any atom is -0.494 e. The Bertz CT molecular complexity index is 844. The molecule has 1 aromatic heterocycles. The molecule has 164 valence electrons. The van der Waals surface area contributed by atoms with Crippen LogP contribution >= 0.6 is 0 Å². The van der Waals surface area contributed by atoms with Crippen molar-refractivity contribution >= 4 is 0 Å². The molecule has 0 aliphatic carbocycles. The fourth-order valence-electron chi connectivity index (χ4n) is 3.74. The van der Waals surface area contributed by atoms with Gasteiger partial charge in [-0.05, 0) is 24.1 Å². The summed E-state index contributed by atoms with van der Waals surface area (Å²) in [6.07, 6.45) is 17.2. The van der Waals surface area contributed by atoms with E-state index in [1.54, 1.807) is 0 Å². The Labute approximate surface area is 187 Å². The second-order valence-electron chi connectivity index (χ2n) is 8.22. The van der Waals surface area contributed by atoms with Gasteiger partial charge < -0.3 is 4.74 Å². The summed E-state index contributed by atoms with van der Waals surface area (Å²) >= 11 is 0. The largest absolute Gasteiger partial charge is 0.494 e. The van der Waals surface area contributed by atoms with E-state index in [-0.39, 0.29) is 0 Å². The molecule has 3 rings (SSSR count). The molecular formula is C28H36N2O. The van der Waals surface area contributed by atoms with Gasteiger partial charge in [-0.3, -0.25) is 0 Å². The third-order valence-corrected chi connectivity index (χ3v) is 5.64. The van der Waals surface area contributed by atoms with Crippen LogP contribution < -0.4 is 4.74 Å². The molecule has 3 nitrogen and oxygen atoms in total. The minimum atomic E-state index is 0.751. The lowest BCUT2D eigenvalue weighted by Crippen LogP contribution is -1.97. The zero-order valence-electron chi connectivity index (χ0n) is 18.9. The highest BCUT2D eigenvalue weighted by molar-refractivity contribution is 5.64. The molecule has 0 saturated heterocycles. The van der Waals surface area contributed by atoms with Crippen LogP contribution in [0.2, 0.25) is 0 Å². The zero-order chi connectivity index (χ0) is 21.6. The van der Waals surface area contributed by atoms with E-state index < -0.39 is 0 Å². The van der Waals surface area contributed by atoms with Crippen LogP contribution in [0, 0.1) is 0 Å². The fourth-order valence-corrected chi connectivity index (χ4v) is 3.74. The van der Waals surface area contributed by atoms with Gasteiger partial charge in [0.15, 0.2) is 5.82 Å². The lowest BCUT2D eigenvalue weighted by molar-refractivity contribution is 0.304. The van der Waals surface area contributed by atoms with Gasteiger partial charge in [-0.25, -0.2) is 9.97 Å². The van der Waals surface area contributed by atoms with Gasteiger partial charge in [-0.15, -0.1) is 0 Å². The van der Waals surface area contributed by atoms with E-state index in [0.29, 0.717) is 0 Å². The van der Waals surface area contributed by atoms with E-state index >= 15 is 0 Å². The Morgan fingerprint density at radius 3 is 1.77 bits per heavy atom. The van der Waals surface area contributed by atoms with Gasteiger partial charge in [0.05, 0.1) is 6.61 Å². The van der Waals surface area contributed by atoms with Gasteiger partial charge in [0.1, 0.15) is 5.75 Å². The minimum absolute atomic E-state index is 0.751. The average Bonchev–Trinajstić information content (AvgIpc) is 2.84. The second-order valence-corrected chi connectivity index (χ2v) is 8.22. The molecule has 0 saturated carbocycles. The Kier molecular flexibility index (Phi) is 10.1. The molecule has 0 bridgehead atoms. The van der Waals surface area contributed by atoms with Gasteiger partial charge in [0.25, 0.3) is 0 Å². The SMILES string of the molecule is CCCCCCCCCCCCOc1ccc(-c2cnc(-c3ccccc3)nc2)cc1. The van der Waals surface area contributed by atoms with Crippen LogP contribution in [0.4, 0.5) is 0 Å². The van der Waals surface area contributed by atoms with Crippen LogP contribution in [-0.2, 0) is 0 Å². The lowest BCUT2D eigenvalue weighted by Gasteiger charge is -2.08. The molecule has 31 heavy (non-hydrogen) atoms. The first kappa shape index (κ1) is 23.0. The molecule has 0 atom stereocenters. The first-order chi connectivity index (χ1) is 15.4. The van der Waals surface area contributed by atoms with E-state index in [0.717, 1.165) is 41.3 Å². The van der Waals surface area contributed by atoms with Crippen molar-refractivity contribution < 1.29 is 4.74 Å². The maximum absolute atomic E-state index is 5.91. The van der Waals surface area contributed by atoms with Crippen LogP contribution in [-0.4, -0.2) is 16.6 Å². The number of benzene rings is 2. The number of rotatable bonds is 14. The van der Waals surface area contributed by atoms with Gasteiger partial charge in [0, 0.05) is 23.5 Å². The smallest absolute Gasteiger partial charge is 0.159 e. The third-order valence-electron chi connectivity index (χ3n) is 5.64. The quantitative estimate of drug-likeness (QED) is 0.249. The highest BCUT2D eigenvalue weighted by Gasteiger charge is 2.03. The number of ether oxygens (including phenoxy) is 1. The lowest BCUT2D eigenvalue weighted by atomic mass is 10.1. The second kappa shape index (κ2) is 13.6. The Balaban J connectivity index is 1.33. The first-order valence-electron chi connectivity index (χ1n) is 12.0. The van der Waals surface area contributed by atoms with Crippen molar-refractivity contribution in [2.45, 2.75) is 71.1 Å². The van der Waals surface area contributed by atoms with E-state index in [9.17, 15) is 0 Å². The summed E-state index contributed by atoms with van der Waals surface area (Å²) in [7, 11) is 0. The summed E-state index contributed by atoms with van der Waals surface area (Å²) in [6, 6.07) is 18.3. The number of aromatic nitrogens is 2. The number of hydrogen-bond donors (Lipinski definition) is 0. The number of unbranched alkanes of at least 4 members (excludes halogenated alkanes) is 9. The molecule has 0 amide bonds. The van der Waals surface area contributed by atoms with Crippen LogP contribution in [0.25, 0.3) is 22.5 Å². The zero-order valence-corrected chi connectivity index (χ0v) is 18.9. The van der Waals surface area contributed by atoms with E-state index in [4.69, 9.17) is 4.74 Å². The molecule has 0 spiro atoms. The van der Waals surface area contributed by atoms with Gasteiger partial charge in [-0.1, -0.05) is 107 Å². The van der Waals surface area contributed by atoms with Crippen molar-refractivity contribution in [3.63, 3.8) is 0 Å². The molecule has 0 radical (unpaired) electrons. The molecular weight excluding hydrogens is 380 g/mol. The molecule has 0 aliphatic rings. The monoisotopic (exact) mass is 416 g/mol. The normalized spacial score (nSPS) is 10.9. The predicted molar refractivity (Wildman–Crippen MR) is 130 cm³/mol. The van der Waals surface area contributed by atoms with E-state index in [1.807, 2.05) is 54.9 Å². The Morgan fingerprint density at radius 2 is 1.16 bits per heavy atom. The summed E-state index contributed by atoms with van der Waals surface area (Å²) in [4.78, 5) is 9.03. The molecule has 0 N–H and O–H groups in total. The molecule has 2 aromatic carbocycles. The number of nitrogens with zero attached hydrogens (tertiary/aromatic N) is 2. The summed E-state index contributed by atoms with van der Waals surface area (Å²) in [5, 5.41) is 0. The maximum atomic E-state index is 5.91. The maximum Gasteiger partial charge on any atom is 0.159 e. The standard InChI is InChI=1S/C28H36N2O/c1-2-3-4-5-6-7-8-9-10-14-21-31-27-19-17-24(18-20-27)26-22-29-28(30-23-26)25-15-12-11-13-16-25/h11-13,15-20,22-23H,2-10,14,21H2,1H3. The van der Waals surface area contributed by atoms with Crippen LogP contribution in [0.3, 0.4) is 0 Å². The molecule has 3 heteroatoms. The van der Waals surface area contributed by atoms with Crippen LogP contribution in [0.15, 0.2) is 67.0 Å². The summed E-state index contributed by atoms with van der Waals surface area (Å²) < 4.78 is 5.91. The highest BCUT2D eigenvalue weighted by atomic mass is 16.5. The van der Waals surface area contributed by atoms with Gasteiger partial charge >= 0.3 is 0 Å². The summed E-state index contributed by atoms with van der Waals surface area (Å²) in [5.74, 6) is 1.68. The molecule has 0 aliphatic heterocycles. The van der Waals surface area contributed by atoms with E-state index in [1.165, 1.54) is 57.8 Å². The Morgan fingerprint density at radius 1 is 0.581 bits per heavy atom. The topological polar surface area (TPSA) is 35.0 Å². The van der Waals surface area contributed by atoms with Crippen LogP contribution in [0.5, 0.6) is 5.75 Å². The van der Waals surface area contributed by atoms with Crippen molar-refractivity contribution in [1.82, 2.24) is 9.97 Å². The first-order valence-corrected chi connectivity index (χ1v) is 12.0. The van der Waals surface area contributed by atoms with Crippen molar-refractivity contribution in [2.24, 2.45) is 0 Å². The van der Waals surface area contributed by atoms with Gasteiger partial charge in [0.2, 0.25) is 0 Å². The van der Waals surface area contributed by atoms with Crippen molar-refractivity contribution in [2.75, 3.05) is 6.61 Å².